The topological polar surface area (TPSA) is 166 Å². The number of imidazole rings is 1. The number of ketones is 1. The van der Waals surface area contributed by atoms with Crippen molar-refractivity contribution in [2.75, 3.05) is 17.2 Å². The number of nitrogens with one attached hydrogen (secondary N) is 4. The molecule has 0 bridgehead atoms. The lowest BCUT2D eigenvalue weighted by atomic mass is 10.0. The number of rotatable bonds is 7. The number of hydrogen-bond donors (Lipinski definition) is 4. The number of hydrogen-bond acceptors (Lipinski definition) is 9. The van der Waals surface area contributed by atoms with Gasteiger partial charge in [-0.05, 0) is 24.3 Å². The van der Waals surface area contributed by atoms with Crippen LogP contribution in [0.5, 0.6) is 0 Å². The number of nitrogens with zero attached hydrogens (tertiary/aromatic N) is 4. The number of anilines is 3. The Kier molecular flexibility index (Phi) is 6.26. The molecule has 39 heavy (non-hydrogen) atoms. The highest BCUT2D eigenvalue weighted by Crippen LogP contribution is 2.39. The molecule has 0 saturated heterocycles. The van der Waals surface area contributed by atoms with Gasteiger partial charge in [0.2, 0.25) is 0 Å². The van der Waals surface area contributed by atoms with E-state index in [-0.39, 0.29) is 29.8 Å². The molecule has 0 saturated carbocycles. The first-order valence-electron chi connectivity index (χ1n) is 11.6. The molecule has 0 atom stereocenters. The molecule has 1 amide bonds. The van der Waals surface area contributed by atoms with Gasteiger partial charge in [0.15, 0.2) is 10.8 Å². The fraction of sp³-hybridized carbons (Fsp3) is 0.0800. The second kappa shape index (κ2) is 9.90. The van der Waals surface area contributed by atoms with Gasteiger partial charge in [-0.2, -0.15) is 4.31 Å². The van der Waals surface area contributed by atoms with Crippen molar-refractivity contribution in [3.05, 3.63) is 89.0 Å². The summed E-state index contributed by atoms with van der Waals surface area (Å²) in [4.78, 5) is 44.3. The Morgan fingerprint density at radius 1 is 1.08 bits per heavy atom. The van der Waals surface area contributed by atoms with Gasteiger partial charge in [0, 0.05) is 23.1 Å². The summed E-state index contributed by atoms with van der Waals surface area (Å²) in [6.45, 7) is -0.381. The largest absolute Gasteiger partial charge is 0.355 e. The van der Waals surface area contributed by atoms with Gasteiger partial charge >= 0.3 is 0 Å². The monoisotopic (exact) mass is 560 g/mol. The van der Waals surface area contributed by atoms with Gasteiger partial charge in [0.05, 0.1) is 54.3 Å². The summed E-state index contributed by atoms with van der Waals surface area (Å²) in [5.74, 6) is -0.405. The Morgan fingerprint density at radius 3 is 2.67 bits per heavy atom. The number of carbonyl (C=O) groups is 2. The molecule has 6 rings (SSSR count). The zero-order chi connectivity index (χ0) is 27.0. The lowest BCUT2D eigenvalue weighted by Crippen LogP contribution is -2.39. The fourth-order valence-corrected chi connectivity index (χ4v) is 6.09. The van der Waals surface area contributed by atoms with Gasteiger partial charge in [-0.1, -0.05) is 18.2 Å². The van der Waals surface area contributed by atoms with E-state index in [0.717, 1.165) is 9.99 Å². The van der Waals surface area contributed by atoms with E-state index in [4.69, 9.17) is 0 Å². The van der Waals surface area contributed by atoms with Gasteiger partial charge in [-0.3, -0.25) is 14.6 Å². The second-order valence-corrected chi connectivity index (χ2v) is 11.4. The molecule has 0 fully saturated rings. The third kappa shape index (κ3) is 4.71. The minimum atomic E-state index is -3.97. The van der Waals surface area contributed by atoms with E-state index in [0.29, 0.717) is 38.9 Å². The van der Waals surface area contributed by atoms with Crippen LogP contribution < -0.4 is 10.6 Å². The number of sulfonamides is 1. The zero-order valence-electron chi connectivity index (χ0n) is 20.1. The van der Waals surface area contributed by atoms with E-state index in [9.17, 15) is 18.0 Å². The number of para-hydroxylation sites is 1. The average molecular weight is 561 g/mol. The molecular formula is C25H20N8O4S2. The van der Waals surface area contributed by atoms with Gasteiger partial charge in [0.1, 0.15) is 10.7 Å². The molecule has 1 aromatic carbocycles. The molecule has 4 N–H and O–H groups in total. The Balaban J connectivity index is 1.40. The third-order valence-electron chi connectivity index (χ3n) is 6.09. The van der Waals surface area contributed by atoms with Crippen molar-refractivity contribution in [3.63, 3.8) is 0 Å². The highest BCUT2D eigenvalue weighted by molar-refractivity contribution is 7.89. The number of carbonyl (C=O) groups excluding carboxylic acids is 2. The maximum atomic E-state index is 13.4. The minimum Gasteiger partial charge on any atom is -0.355 e. The van der Waals surface area contributed by atoms with Gasteiger partial charge in [0.25, 0.3) is 15.9 Å². The second-order valence-electron chi connectivity index (χ2n) is 8.58. The summed E-state index contributed by atoms with van der Waals surface area (Å²) in [7, 11) is -3.97. The molecule has 4 aromatic heterocycles. The standard InChI is InChI=1S/C25H20N8O4S2/c34-18-12-33(39(36,37)21-10-26-13-29-21)11-17-22(18)24(30-16-4-2-1-3-5-16)23(31-17)15-6-7-28-20(8-15)32-25(35)19-9-27-14-38-19/h1-10,13-14,30-31H,11-12H2,(H,26,29)(H,28,32,35). The molecule has 0 unspecified atom stereocenters. The van der Waals surface area contributed by atoms with Crippen LogP contribution >= 0.6 is 11.3 Å². The summed E-state index contributed by atoms with van der Waals surface area (Å²) < 4.78 is 27.3. The van der Waals surface area contributed by atoms with Crippen LogP contribution in [0.4, 0.5) is 17.2 Å². The van der Waals surface area contributed by atoms with Crippen LogP contribution in [0.25, 0.3) is 11.3 Å². The molecule has 0 radical (unpaired) electrons. The van der Waals surface area contributed by atoms with Gasteiger partial charge < -0.3 is 20.6 Å². The minimum absolute atomic E-state index is 0.0497. The maximum absolute atomic E-state index is 13.4. The molecule has 0 aliphatic carbocycles. The van der Waals surface area contributed by atoms with Crippen molar-refractivity contribution in [1.29, 1.82) is 0 Å². The predicted octanol–water partition coefficient (Wildman–Crippen LogP) is 3.64. The van der Waals surface area contributed by atoms with Crippen LogP contribution in [0.1, 0.15) is 25.7 Å². The number of aromatic amines is 2. The van der Waals surface area contributed by atoms with Gasteiger partial charge in [-0.25, -0.2) is 18.4 Å². The lowest BCUT2D eigenvalue weighted by Gasteiger charge is -2.25. The molecule has 1 aliphatic heterocycles. The van der Waals surface area contributed by atoms with E-state index in [1.54, 1.807) is 23.8 Å². The lowest BCUT2D eigenvalue weighted by molar-refractivity contribution is 0.0949. The number of Topliss-reactive ketones (excluding diaryl/α,β-unsaturated/α-hetero) is 1. The van der Waals surface area contributed by atoms with E-state index in [1.165, 1.54) is 30.1 Å². The normalized spacial score (nSPS) is 13.7. The Labute approximate surface area is 226 Å². The first kappa shape index (κ1) is 24.7. The molecule has 12 nitrogen and oxygen atoms in total. The first-order valence-corrected chi connectivity index (χ1v) is 14.0. The molecule has 5 aromatic rings. The van der Waals surface area contributed by atoms with E-state index in [1.807, 2.05) is 30.3 Å². The SMILES string of the molecule is O=C(Nc1cc(-c2[nH]c3c(c2Nc2ccccc2)C(=O)CN(S(=O)(=O)c2cnc[nH]2)C3)ccn1)c1cncs1. The summed E-state index contributed by atoms with van der Waals surface area (Å²) in [6, 6.07) is 12.7. The fourth-order valence-electron chi connectivity index (χ4n) is 4.31. The van der Waals surface area contributed by atoms with Crippen molar-refractivity contribution in [1.82, 2.24) is 29.2 Å². The summed E-state index contributed by atoms with van der Waals surface area (Å²) in [6.07, 6.45) is 5.49. The number of thiazole rings is 1. The quantitative estimate of drug-likeness (QED) is 0.234. The average Bonchev–Trinajstić information content (AvgIpc) is 3.71. The number of benzene rings is 1. The van der Waals surface area contributed by atoms with Gasteiger partial charge in [-0.15, -0.1) is 11.3 Å². The molecule has 0 spiro atoms. The van der Waals surface area contributed by atoms with Crippen LogP contribution in [0, 0.1) is 0 Å². The maximum Gasteiger partial charge on any atom is 0.268 e. The van der Waals surface area contributed by atoms with E-state index < -0.39 is 10.0 Å². The number of amides is 1. The zero-order valence-corrected chi connectivity index (χ0v) is 21.7. The number of H-pyrrole nitrogens is 2. The van der Waals surface area contributed by atoms with Crippen molar-refractivity contribution < 1.29 is 18.0 Å². The number of fused-ring (bicyclic) bond motifs is 1. The van der Waals surface area contributed by atoms with Crippen molar-refractivity contribution in [3.8, 4) is 11.3 Å². The summed E-state index contributed by atoms with van der Waals surface area (Å²) >= 11 is 1.21. The number of aromatic nitrogens is 5. The van der Waals surface area contributed by atoms with Crippen molar-refractivity contribution >= 4 is 50.2 Å². The Morgan fingerprint density at radius 2 is 1.92 bits per heavy atom. The van der Waals surface area contributed by atoms with Crippen LogP contribution in [0.2, 0.25) is 0 Å². The van der Waals surface area contributed by atoms with Crippen LogP contribution in [0.3, 0.4) is 0 Å². The van der Waals surface area contributed by atoms with E-state index in [2.05, 4.69) is 35.6 Å². The van der Waals surface area contributed by atoms with Crippen LogP contribution in [-0.2, 0) is 16.6 Å². The molecule has 14 heteroatoms. The predicted molar refractivity (Wildman–Crippen MR) is 144 cm³/mol. The molecule has 1 aliphatic rings. The molecular weight excluding hydrogens is 540 g/mol. The van der Waals surface area contributed by atoms with E-state index >= 15 is 0 Å². The van der Waals surface area contributed by atoms with Crippen molar-refractivity contribution in [2.24, 2.45) is 0 Å². The summed E-state index contributed by atoms with van der Waals surface area (Å²) in [5.41, 5.74) is 4.81. The van der Waals surface area contributed by atoms with Crippen LogP contribution in [0.15, 0.2) is 77.9 Å². The van der Waals surface area contributed by atoms with Crippen LogP contribution in [-0.4, -0.2) is 55.9 Å². The molecule has 196 valence electrons. The summed E-state index contributed by atoms with van der Waals surface area (Å²) in [5, 5.41) is 5.99. The highest BCUT2D eigenvalue weighted by atomic mass is 32.2. The molecule has 5 heterocycles. The third-order valence-corrected chi connectivity index (χ3v) is 8.58. The number of pyridine rings is 1. The Hall–Kier alpha value is -4.66. The van der Waals surface area contributed by atoms with Crippen molar-refractivity contribution in [2.45, 2.75) is 11.6 Å². The first-order chi connectivity index (χ1) is 18.9. The Bertz CT molecular complexity index is 1770. The highest BCUT2D eigenvalue weighted by Gasteiger charge is 2.37. The smallest absolute Gasteiger partial charge is 0.268 e.